The number of nitrogens with two attached hydrogens (primary N) is 2. The van der Waals surface area contributed by atoms with Crippen LogP contribution in [0, 0.1) is 10.3 Å². The summed E-state index contributed by atoms with van der Waals surface area (Å²) in [5.74, 6) is -3.03. The number of rotatable bonds is 10. The molecule has 0 heterocycles. The number of carbonyl (C=O) groups is 4. The number of hydrogen-bond donors (Lipinski definition) is 5. The number of nitrogens with one attached hydrogen (secondary N) is 1. The molecule has 1 fully saturated rings. The fourth-order valence-corrected chi connectivity index (χ4v) is 2.23. The van der Waals surface area contributed by atoms with Gasteiger partial charge in [0, 0.05) is 12.0 Å². The molecule has 33 heavy (non-hydrogen) atoms. The standard InChI is InChI=1S/C9H17N3O7.C6H8O4.2H2N.Pt.H2S/c1-2-12(11-19)9(18)10-5(3-13)7(16)8(17)6(15)4-14;7-4(8)6(5(9)10)2-1-3-6;;;;/h3,5-8,14-17H,2,4H2,1H3,(H,10,18);1-3H2,(H,7,8)(H,9,10);2*1H2;;1H2/q;;2*-1;+4;/p-2/t5-,6+,7+,8+;;;;;/m0...../s1. The molecule has 4 atom stereocenters. The van der Waals surface area contributed by atoms with Crippen molar-refractivity contribution in [2.75, 3.05) is 13.2 Å². The van der Waals surface area contributed by atoms with Gasteiger partial charge in [-0.1, -0.05) is 6.42 Å². The first kappa shape index (κ1) is 41.5. The molecule has 0 aromatic rings. The molecule has 1 aliphatic carbocycles. The zero-order valence-corrected chi connectivity index (χ0v) is 20.7. The third-order valence-electron chi connectivity index (χ3n) is 4.36. The molecular formula is C15H29N5O11PtS. The molecule has 0 aromatic carbocycles. The van der Waals surface area contributed by atoms with Crippen LogP contribution in [-0.4, -0.2) is 87.2 Å². The molecule has 196 valence electrons. The van der Waals surface area contributed by atoms with Gasteiger partial charge in [-0.05, 0) is 19.8 Å². The average molecular weight is 683 g/mol. The molecule has 0 saturated heterocycles. The predicted molar refractivity (Wildman–Crippen MR) is 109 cm³/mol. The Morgan fingerprint density at radius 2 is 1.58 bits per heavy atom. The van der Waals surface area contributed by atoms with Crippen LogP contribution in [-0.2, 0) is 35.4 Å². The molecule has 0 radical (unpaired) electrons. The SMILES string of the molecule is CCN(N=O)C(=O)N[C@@H](C=O)[C@@H](O)[C@H](O)[C@H](O)CO.O=C([O-])C1(C(=O)[O-])CCC1.S.[NH2-].[NH2-].[Pt+4]. The number of amides is 2. The van der Waals surface area contributed by atoms with Crippen molar-refractivity contribution in [2.24, 2.45) is 10.7 Å². The monoisotopic (exact) mass is 682 g/mol. The summed E-state index contributed by atoms with van der Waals surface area (Å²) in [6, 6.07) is -2.61. The van der Waals surface area contributed by atoms with Crippen molar-refractivity contribution >= 4 is 37.8 Å². The van der Waals surface area contributed by atoms with E-state index in [0.29, 0.717) is 11.4 Å². The molecule has 0 aromatic heterocycles. The number of urea groups is 1. The summed E-state index contributed by atoms with van der Waals surface area (Å²) < 4.78 is 0. The fraction of sp³-hybridized carbons (Fsp3) is 0.733. The minimum Gasteiger partial charge on any atom is -0.693 e. The smallest absolute Gasteiger partial charge is 0.693 e. The summed E-state index contributed by atoms with van der Waals surface area (Å²) in [4.78, 5) is 52.8. The molecule has 1 rings (SSSR count). The van der Waals surface area contributed by atoms with E-state index in [1.807, 2.05) is 5.32 Å². The first-order chi connectivity index (χ1) is 13.5. The second kappa shape index (κ2) is 19.7. The van der Waals surface area contributed by atoms with Crippen LogP contribution in [0.3, 0.4) is 0 Å². The minimum absolute atomic E-state index is 0. The number of aldehydes is 1. The molecule has 0 bridgehead atoms. The van der Waals surface area contributed by atoms with Crippen molar-refractivity contribution in [1.29, 1.82) is 0 Å². The molecule has 9 N–H and O–H groups in total. The Kier molecular flexibility index (Phi) is 24.8. The first-order valence-corrected chi connectivity index (χ1v) is 8.46. The number of aliphatic carboxylic acids is 2. The summed E-state index contributed by atoms with van der Waals surface area (Å²) in [6.45, 7) is 0.561. The van der Waals surface area contributed by atoms with Crippen molar-refractivity contribution in [3.05, 3.63) is 17.2 Å². The summed E-state index contributed by atoms with van der Waals surface area (Å²) in [7, 11) is 0. The van der Waals surface area contributed by atoms with Crippen LogP contribution >= 0.6 is 13.5 Å². The van der Waals surface area contributed by atoms with Gasteiger partial charge in [-0.3, -0.25) is 0 Å². The number of carbonyl (C=O) groups excluding carboxylic acids is 4. The van der Waals surface area contributed by atoms with Gasteiger partial charge in [-0.2, -0.15) is 18.5 Å². The van der Waals surface area contributed by atoms with Gasteiger partial charge in [-0.25, -0.2) is 4.79 Å². The normalized spacial score (nSPS) is 16.2. The molecule has 0 unspecified atom stereocenters. The fourth-order valence-electron chi connectivity index (χ4n) is 2.23. The predicted octanol–water partition coefficient (Wildman–Crippen LogP) is -3.46. The third kappa shape index (κ3) is 11.3. The van der Waals surface area contributed by atoms with E-state index in [1.165, 1.54) is 6.92 Å². The number of nitrogens with zero attached hydrogens (tertiary/aromatic N) is 2. The zero-order valence-electron chi connectivity index (χ0n) is 17.4. The van der Waals surface area contributed by atoms with Crippen molar-refractivity contribution in [3.8, 4) is 0 Å². The topological polar surface area (TPSA) is 307 Å². The Labute approximate surface area is 210 Å². The van der Waals surface area contributed by atoms with Gasteiger partial charge in [0.2, 0.25) is 0 Å². The quantitative estimate of drug-likeness (QED) is 0.0653. The summed E-state index contributed by atoms with van der Waals surface area (Å²) in [5, 5.41) is 61.9. The van der Waals surface area contributed by atoms with E-state index in [0.717, 1.165) is 0 Å². The number of aliphatic hydroxyl groups is 4. The van der Waals surface area contributed by atoms with E-state index >= 15 is 0 Å². The Balaban J connectivity index is -0.000000161. The van der Waals surface area contributed by atoms with E-state index in [2.05, 4.69) is 5.29 Å². The number of hydrogen-bond acceptors (Lipinski definition) is 12. The first-order valence-electron chi connectivity index (χ1n) is 8.46. The van der Waals surface area contributed by atoms with Crippen molar-refractivity contribution in [3.63, 3.8) is 0 Å². The van der Waals surface area contributed by atoms with Crippen LogP contribution < -0.4 is 15.5 Å². The Morgan fingerprint density at radius 1 is 1.12 bits per heavy atom. The van der Waals surface area contributed by atoms with Gasteiger partial charge in [0.25, 0.3) is 0 Å². The maximum absolute atomic E-state index is 11.4. The van der Waals surface area contributed by atoms with Crippen LogP contribution in [0.4, 0.5) is 4.79 Å². The second-order valence-electron chi connectivity index (χ2n) is 6.15. The molecule has 1 aliphatic rings. The summed E-state index contributed by atoms with van der Waals surface area (Å²) in [6.07, 6.45) is -4.33. The van der Waals surface area contributed by atoms with Crippen LogP contribution in [0.5, 0.6) is 0 Å². The Bertz CT molecular complexity index is 599. The maximum Gasteiger partial charge on any atom is 4.00 e. The molecule has 18 heteroatoms. The van der Waals surface area contributed by atoms with Gasteiger partial charge >= 0.3 is 27.1 Å². The zero-order chi connectivity index (χ0) is 22.8. The van der Waals surface area contributed by atoms with Crippen LogP contribution in [0.1, 0.15) is 26.2 Å². The number of nitroso groups, excluding NO2 is 1. The molecule has 0 spiro atoms. The van der Waals surface area contributed by atoms with E-state index in [1.54, 1.807) is 0 Å². The van der Waals surface area contributed by atoms with Crippen molar-refractivity contribution in [1.82, 2.24) is 10.3 Å². The van der Waals surface area contributed by atoms with Gasteiger partial charge in [-0.15, -0.1) is 4.91 Å². The van der Waals surface area contributed by atoms with Crippen molar-refractivity contribution < 1.29 is 70.9 Å². The number of carboxylic acids is 2. The van der Waals surface area contributed by atoms with Crippen LogP contribution in [0.25, 0.3) is 12.3 Å². The summed E-state index contributed by atoms with van der Waals surface area (Å²) in [5.41, 5.74) is -1.67. The maximum atomic E-state index is 11.4. The molecule has 1 saturated carbocycles. The van der Waals surface area contributed by atoms with E-state index in [9.17, 15) is 44.5 Å². The van der Waals surface area contributed by atoms with Gasteiger partial charge in [0.1, 0.15) is 30.6 Å². The largest absolute Gasteiger partial charge is 4.00 e. The summed E-state index contributed by atoms with van der Waals surface area (Å²) >= 11 is 0. The number of carboxylic acid groups (broad SMARTS) is 2. The molecule has 16 nitrogen and oxygen atoms in total. The van der Waals surface area contributed by atoms with E-state index < -0.39 is 54.3 Å². The van der Waals surface area contributed by atoms with Crippen LogP contribution in [0.2, 0.25) is 0 Å². The van der Waals surface area contributed by atoms with Crippen LogP contribution in [0.15, 0.2) is 5.29 Å². The third-order valence-corrected chi connectivity index (χ3v) is 4.36. The minimum atomic E-state index is -1.85. The van der Waals surface area contributed by atoms with Gasteiger partial charge in [0.05, 0.1) is 23.8 Å². The Hall–Kier alpha value is -1.72. The van der Waals surface area contributed by atoms with E-state index in [-0.39, 0.29) is 72.5 Å². The average Bonchev–Trinajstić information content (AvgIpc) is 2.64. The molecule has 2 amide bonds. The second-order valence-corrected chi connectivity index (χ2v) is 6.15. The van der Waals surface area contributed by atoms with Gasteiger partial charge < -0.3 is 62.6 Å². The molecular weight excluding hydrogens is 653 g/mol. The Morgan fingerprint density at radius 3 is 1.79 bits per heavy atom. The van der Waals surface area contributed by atoms with Gasteiger partial charge in [0.15, 0.2) is 0 Å². The van der Waals surface area contributed by atoms with Crippen molar-refractivity contribution in [2.45, 2.75) is 50.5 Å². The van der Waals surface area contributed by atoms with E-state index in [4.69, 9.17) is 10.2 Å². The molecule has 0 aliphatic heterocycles. The number of aliphatic hydroxyl groups excluding tert-OH is 4.